The zero-order chi connectivity index (χ0) is 16.9. The first kappa shape index (κ1) is 14.9. The van der Waals surface area contributed by atoms with Crippen LogP contribution in [-0.4, -0.2) is 25.9 Å². The molecule has 1 aliphatic rings. The highest BCUT2D eigenvalue weighted by Crippen LogP contribution is 2.49. The molecule has 2 heterocycles. The van der Waals surface area contributed by atoms with Crippen LogP contribution >= 0.6 is 0 Å². The van der Waals surface area contributed by atoms with E-state index in [1.54, 1.807) is 16.8 Å². The summed E-state index contributed by atoms with van der Waals surface area (Å²) in [4.78, 5) is 12.9. The molecule has 1 saturated carbocycles. The van der Waals surface area contributed by atoms with E-state index in [4.69, 9.17) is 0 Å². The number of fused-ring (bicyclic) bond motifs is 1. The van der Waals surface area contributed by atoms with E-state index in [2.05, 4.69) is 20.6 Å². The van der Waals surface area contributed by atoms with Crippen LogP contribution < -0.4 is 5.32 Å². The van der Waals surface area contributed by atoms with Crippen LogP contribution in [0.3, 0.4) is 0 Å². The van der Waals surface area contributed by atoms with Gasteiger partial charge in [0.2, 0.25) is 5.91 Å². The smallest absolute Gasteiger partial charge is 0.236 e. The van der Waals surface area contributed by atoms with Crippen molar-refractivity contribution in [3.63, 3.8) is 0 Å². The van der Waals surface area contributed by atoms with Gasteiger partial charge in [0.05, 0.1) is 16.5 Å². The number of aromatic nitrogens is 4. The molecule has 0 saturated heterocycles. The Morgan fingerprint density at radius 1 is 1.38 bits per heavy atom. The van der Waals surface area contributed by atoms with E-state index in [-0.39, 0.29) is 11.7 Å². The lowest BCUT2D eigenvalue weighted by Gasteiger charge is -2.15. The lowest BCUT2D eigenvalue weighted by atomic mass is 9.95. The Labute approximate surface area is 138 Å². The second-order valence-electron chi connectivity index (χ2n) is 6.26. The quantitative estimate of drug-likeness (QED) is 0.773. The standard InChI is InChI=1S/C17H18FN5O/c1-3-12-13-14(20-21-15(13)23(2)22-12)19-16(24)17(8-9-17)10-4-6-11(18)7-5-10/h4-7H,3,8-9H2,1-2H3,(H2,19,20,21,24). The van der Waals surface area contributed by atoms with Crippen LogP contribution in [0.25, 0.3) is 11.0 Å². The Balaban J connectivity index is 1.66. The molecule has 124 valence electrons. The van der Waals surface area contributed by atoms with E-state index in [9.17, 15) is 9.18 Å². The van der Waals surface area contributed by atoms with Gasteiger partial charge in [-0.2, -0.15) is 10.2 Å². The molecule has 7 heteroatoms. The Morgan fingerprint density at radius 3 is 2.71 bits per heavy atom. The number of hydrogen-bond donors (Lipinski definition) is 2. The topological polar surface area (TPSA) is 75.6 Å². The molecule has 0 spiro atoms. The minimum atomic E-state index is -0.570. The molecular formula is C17H18FN5O. The normalized spacial score (nSPS) is 15.6. The van der Waals surface area contributed by atoms with Crippen molar-refractivity contribution in [1.82, 2.24) is 20.0 Å². The number of rotatable bonds is 4. The van der Waals surface area contributed by atoms with Gasteiger partial charge in [-0.25, -0.2) is 9.07 Å². The Bertz CT molecular complexity index is 921. The molecule has 0 radical (unpaired) electrons. The van der Waals surface area contributed by atoms with Crippen molar-refractivity contribution in [2.24, 2.45) is 7.05 Å². The minimum Gasteiger partial charge on any atom is -0.310 e. The highest BCUT2D eigenvalue weighted by Gasteiger charge is 2.51. The summed E-state index contributed by atoms with van der Waals surface area (Å²) in [6.45, 7) is 2.02. The van der Waals surface area contributed by atoms with E-state index in [0.717, 1.165) is 35.9 Å². The van der Waals surface area contributed by atoms with Crippen LogP contribution in [0.2, 0.25) is 0 Å². The molecule has 2 aromatic heterocycles. The highest BCUT2D eigenvalue weighted by atomic mass is 19.1. The van der Waals surface area contributed by atoms with Gasteiger partial charge in [-0.3, -0.25) is 9.89 Å². The fraction of sp³-hybridized carbons (Fsp3) is 0.353. The second kappa shape index (κ2) is 5.15. The number of benzene rings is 1. The zero-order valence-corrected chi connectivity index (χ0v) is 13.6. The predicted octanol–water partition coefficient (Wildman–Crippen LogP) is 2.67. The number of carbonyl (C=O) groups excluding carboxylic acids is 1. The van der Waals surface area contributed by atoms with E-state index in [1.807, 2.05) is 14.0 Å². The Kier molecular flexibility index (Phi) is 3.19. The van der Waals surface area contributed by atoms with Gasteiger partial charge in [0.1, 0.15) is 11.6 Å². The third-order valence-electron chi connectivity index (χ3n) is 4.77. The molecule has 24 heavy (non-hydrogen) atoms. The van der Waals surface area contributed by atoms with E-state index in [1.165, 1.54) is 12.1 Å². The summed E-state index contributed by atoms with van der Waals surface area (Å²) in [6, 6.07) is 6.17. The molecule has 1 aliphatic carbocycles. The number of aryl methyl sites for hydroxylation is 2. The van der Waals surface area contributed by atoms with Gasteiger partial charge >= 0.3 is 0 Å². The monoisotopic (exact) mass is 327 g/mol. The number of amides is 1. The molecule has 0 bridgehead atoms. The van der Waals surface area contributed by atoms with Gasteiger partial charge in [0.25, 0.3) is 0 Å². The number of nitrogens with zero attached hydrogens (tertiary/aromatic N) is 3. The summed E-state index contributed by atoms with van der Waals surface area (Å²) in [6.07, 6.45) is 2.27. The summed E-state index contributed by atoms with van der Waals surface area (Å²) in [5.41, 5.74) is 1.88. The molecule has 0 atom stereocenters. The van der Waals surface area contributed by atoms with Gasteiger partial charge in [-0.1, -0.05) is 19.1 Å². The highest BCUT2D eigenvalue weighted by molar-refractivity contribution is 6.05. The molecule has 0 aliphatic heterocycles. The summed E-state index contributed by atoms with van der Waals surface area (Å²) in [5.74, 6) is 0.187. The second-order valence-corrected chi connectivity index (χ2v) is 6.26. The average molecular weight is 327 g/mol. The van der Waals surface area contributed by atoms with Crippen LogP contribution in [-0.2, 0) is 23.7 Å². The number of aromatic amines is 1. The Morgan fingerprint density at radius 2 is 2.08 bits per heavy atom. The molecule has 3 aromatic rings. The van der Waals surface area contributed by atoms with Gasteiger partial charge in [-0.15, -0.1) is 0 Å². The van der Waals surface area contributed by atoms with Crippen molar-refractivity contribution >= 4 is 22.8 Å². The Hall–Kier alpha value is -2.70. The molecule has 1 amide bonds. The summed E-state index contributed by atoms with van der Waals surface area (Å²) in [7, 11) is 1.83. The molecule has 6 nitrogen and oxygen atoms in total. The molecule has 0 unspecified atom stereocenters. The maximum absolute atomic E-state index is 13.1. The maximum atomic E-state index is 13.1. The van der Waals surface area contributed by atoms with Crippen LogP contribution in [0.15, 0.2) is 24.3 Å². The lowest BCUT2D eigenvalue weighted by molar-refractivity contribution is -0.118. The first-order chi connectivity index (χ1) is 11.5. The number of nitrogens with one attached hydrogen (secondary N) is 2. The lowest BCUT2D eigenvalue weighted by Crippen LogP contribution is -2.28. The van der Waals surface area contributed by atoms with Gasteiger partial charge in [0.15, 0.2) is 5.65 Å². The molecule has 1 fully saturated rings. The zero-order valence-electron chi connectivity index (χ0n) is 13.6. The fourth-order valence-corrected chi connectivity index (χ4v) is 3.23. The van der Waals surface area contributed by atoms with Crippen molar-refractivity contribution in [2.45, 2.75) is 31.6 Å². The average Bonchev–Trinajstić information content (AvgIpc) is 3.19. The largest absolute Gasteiger partial charge is 0.310 e. The van der Waals surface area contributed by atoms with E-state index >= 15 is 0 Å². The molecule has 4 rings (SSSR count). The van der Waals surface area contributed by atoms with Crippen LogP contribution in [0, 0.1) is 5.82 Å². The van der Waals surface area contributed by atoms with Gasteiger partial charge in [-0.05, 0) is 37.0 Å². The van der Waals surface area contributed by atoms with Gasteiger partial charge < -0.3 is 5.32 Å². The van der Waals surface area contributed by atoms with Crippen LogP contribution in [0.5, 0.6) is 0 Å². The predicted molar refractivity (Wildman–Crippen MR) is 88.2 cm³/mol. The van der Waals surface area contributed by atoms with Gasteiger partial charge in [0, 0.05) is 7.05 Å². The number of hydrogen-bond acceptors (Lipinski definition) is 3. The van der Waals surface area contributed by atoms with Crippen molar-refractivity contribution in [1.29, 1.82) is 0 Å². The number of carbonyl (C=O) groups is 1. The third-order valence-corrected chi connectivity index (χ3v) is 4.77. The van der Waals surface area contributed by atoms with Crippen molar-refractivity contribution in [3.05, 3.63) is 41.3 Å². The van der Waals surface area contributed by atoms with Crippen molar-refractivity contribution in [2.75, 3.05) is 5.32 Å². The van der Waals surface area contributed by atoms with Crippen LogP contribution in [0.1, 0.15) is 31.0 Å². The first-order valence-electron chi connectivity index (χ1n) is 8.02. The van der Waals surface area contributed by atoms with Crippen molar-refractivity contribution < 1.29 is 9.18 Å². The van der Waals surface area contributed by atoms with E-state index in [0.29, 0.717) is 11.5 Å². The first-order valence-corrected chi connectivity index (χ1v) is 8.02. The SMILES string of the molecule is CCc1nn(C)c2n[nH]c(NC(=O)C3(c4ccc(F)cc4)CC3)c12. The molecular weight excluding hydrogens is 309 g/mol. The van der Waals surface area contributed by atoms with E-state index < -0.39 is 5.41 Å². The molecule has 2 N–H and O–H groups in total. The summed E-state index contributed by atoms with van der Waals surface area (Å²) in [5, 5.41) is 15.4. The number of anilines is 1. The molecule has 1 aromatic carbocycles. The maximum Gasteiger partial charge on any atom is 0.236 e. The number of H-pyrrole nitrogens is 1. The van der Waals surface area contributed by atoms with Crippen LogP contribution in [0.4, 0.5) is 10.2 Å². The number of halogens is 1. The third kappa shape index (κ3) is 2.11. The summed E-state index contributed by atoms with van der Waals surface area (Å²) >= 11 is 0. The minimum absolute atomic E-state index is 0.0921. The summed E-state index contributed by atoms with van der Waals surface area (Å²) < 4.78 is 14.8. The van der Waals surface area contributed by atoms with Crippen molar-refractivity contribution in [3.8, 4) is 0 Å². The fourth-order valence-electron chi connectivity index (χ4n) is 3.23.